The maximum atomic E-state index is 14.4. The van der Waals surface area contributed by atoms with Gasteiger partial charge < -0.3 is 9.84 Å². The molecule has 0 aliphatic carbocycles. The van der Waals surface area contributed by atoms with Crippen molar-refractivity contribution in [3.63, 3.8) is 0 Å². The van der Waals surface area contributed by atoms with E-state index in [4.69, 9.17) is 4.74 Å². The SMILES string of the molecule is CCC(=O)c1ccc(Oc2ccc(C(=O)Cc3c(C)cc(C(c4cc(C)c(C)c(C)c4)C(F)(F)F)cc3C)cc2)cc1C(=O)O. The molecule has 0 heterocycles. The first-order valence-corrected chi connectivity index (χ1v) is 14.6. The Morgan fingerprint density at radius 3 is 1.71 bits per heavy atom. The van der Waals surface area contributed by atoms with Crippen LogP contribution >= 0.6 is 0 Å². The molecule has 5 nitrogen and oxygen atoms in total. The van der Waals surface area contributed by atoms with Gasteiger partial charge in [0.25, 0.3) is 0 Å². The fourth-order valence-corrected chi connectivity index (χ4v) is 5.58. The Bertz CT molecular complexity index is 1740. The van der Waals surface area contributed by atoms with Gasteiger partial charge in [0.2, 0.25) is 0 Å². The summed E-state index contributed by atoms with van der Waals surface area (Å²) in [4.78, 5) is 37.0. The van der Waals surface area contributed by atoms with E-state index in [2.05, 4.69) is 0 Å². The minimum atomic E-state index is -4.50. The lowest BCUT2D eigenvalue weighted by Crippen LogP contribution is -2.23. The fourth-order valence-electron chi connectivity index (χ4n) is 5.58. The summed E-state index contributed by atoms with van der Waals surface area (Å²) in [6.45, 7) is 10.6. The average Bonchev–Trinajstić information content (AvgIpc) is 2.97. The smallest absolute Gasteiger partial charge is 0.399 e. The summed E-state index contributed by atoms with van der Waals surface area (Å²) in [7, 11) is 0. The molecule has 0 bridgehead atoms. The first-order valence-electron chi connectivity index (χ1n) is 14.6. The molecule has 4 aromatic carbocycles. The molecular weight excluding hydrogens is 581 g/mol. The van der Waals surface area contributed by atoms with Gasteiger partial charge in [-0.05, 0) is 122 Å². The van der Waals surface area contributed by atoms with E-state index in [1.165, 1.54) is 30.3 Å². The molecule has 0 saturated heterocycles. The Morgan fingerprint density at radius 1 is 0.711 bits per heavy atom. The lowest BCUT2D eigenvalue weighted by atomic mass is 9.84. The first-order chi connectivity index (χ1) is 21.1. The molecule has 8 heteroatoms. The average molecular weight is 617 g/mol. The lowest BCUT2D eigenvalue weighted by molar-refractivity contribution is -0.141. The lowest BCUT2D eigenvalue weighted by Gasteiger charge is -2.24. The monoisotopic (exact) mass is 616 g/mol. The number of alkyl halides is 3. The molecule has 1 N–H and O–H groups in total. The van der Waals surface area contributed by atoms with Crippen LogP contribution in [0.3, 0.4) is 0 Å². The summed E-state index contributed by atoms with van der Waals surface area (Å²) in [5.74, 6) is -2.97. The van der Waals surface area contributed by atoms with Crippen molar-refractivity contribution < 1.29 is 37.4 Å². The van der Waals surface area contributed by atoms with Gasteiger partial charge >= 0.3 is 12.1 Å². The Balaban J connectivity index is 1.55. The van der Waals surface area contributed by atoms with E-state index in [0.29, 0.717) is 28.0 Å². The Labute approximate surface area is 260 Å². The van der Waals surface area contributed by atoms with Crippen molar-refractivity contribution in [1.29, 1.82) is 0 Å². The number of aromatic carboxylic acids is 1. The summed E-state index contributed by atoms with van der Waals surface area (Å²) in [6, 6.07) is 16.8. The number of carbonyl (C=O) groups excluding carboxylic acids is 2. The number of Topliss-reactive ketones (excluding diaryl/α,β-unsaturated/α-hetero) is 2. The maximum absolute atomic E-state index is 14.4. The third kappa shape index (κ3) is 7.33. The van der Waals surface area contributed by atoms with Gasteiger partial charge in [-0.25, -0.2) is 4.79 Å². The number of carboxylic acids is 1. The van der Waals surface area contributed by atoms with E-state index < -0.39 is 18.1 Å². The second kappa shape index (κ2) is 13.1. The van der Waals surface area contributed by atoms with Crippen LogP contribution in [0.2, 0.25) is 0 Å². The number of aryl methyl sites for hydroxylation is 4. The number of ketones is 2. The number of halogens is 3. The zero-order valence-corrected chi connectivity index (χ0v) is 26.1. The van der Waals surface area contributed by atoms with Gasteiger partial charge in [-0.3, -0.25) is 9.59 Å². The van der Waals surface area contributed by atoms with Crippen molar-refractivity contribution in [3.05, 3.63) is 128 Å². The van der Waals surface area contributed by atoms with Crippen molar-refractivity contribution in [2.45, 2.75) is 66.5 Å². The highest BCUT2D eigenvalue weighted by Gasteiger charge is 2.42. The predicted octanol–water partition coefficient (Wildman–Crippen LogP) is 9.43. The van der Waals surface area contributed by atoms with Crippen molar-refractivity contribution >= 4 is 17.5 Å². The summed E-state index contributed by atoms with van der Waals surface area (Å²) in [6.07, 6.45) is -4.33. The number of carboxylic acid groups (broad SMARTS) is 1. The van der Waals surface area contributed by atoms with Gasteiger partial charge in [-0.1, -0.05) is 31.2 Å². The zero-order valence-electron chi connectivity index (χ0n) is 26.1. The normalized spacial score (nSPS) is 12.1. The molecule has 0 spiro atoms. The Kier molecular flexibility index (Phi) is 9.66. The number of benzene rings is 4. The molecule has 0 aromatic heterocycles. The summed E-state index contributed by atoms with van der Waals surface area (Å²) >= 11 is 0. The molecule has 1 atom stereocenters. The molecule has 4 rings (SSSR count). The second-order valence-corrected chi connectivity index (χ2v) is 11.4. The standard InChI is InChI=1S/C37H35F3O5/c1-7-33(41)30-13-12-29(18-32(30)36(43)44)45-28-10-8-25(9-11-28)34(42)19-31-22(4)16-27(17-23(31)5)35(37(38,39)40)26-14-20(2)24(6)21(3)15-26/h8-18,35H,7,19H2,1-6H3,(H,43,44). The molecular formula is C37H35F3O5. The second-order valence-electron chi connectivity index (χ2n) is 11.4. The van der Waals surface area contributed by atoms with Crippen LogP contribution < -0.4 is 4.74 Å². The number of hydrogen-bond donors (Lipinski definition) is 1. The molecule has 234 valence electrons. The van der Waals surface area contributed by atoms with E-state index in [-0.39, 0.29) is 52.4 Å². The molecule has 0 aliphatic heterocycles. The van der Waals surface area contributed by atoms with E-state index in [9.17, 15) is 32.7 Å². The molecule has 45 heavy (non-hydrogen) atoms. The number of ether oxygens (including phenoxy) is 1. The van der Waals surface area contributed by atoms with Crippen molar-refractivity contribution in [2.24, 2.45) is 0 Å². The van der Waals surface area contributed by atoms with E-state index in [1.54, 1.807) is 57.2 Å². The first kappa shape index (κ1) is 33.2. The van der Waals surface area contributed by atoms with Gasteiger partial charge in [0.15, 0.2) is 11.6 Å². The molecule has 0 amide bonds. The largest absolute Gasteiger partial charge is 0.478 e. The van der Waals surface area contributed by atoms with Crippen LogP contribution in [0.4, 0.5) is 13.2 Å². The van der Waals surface area contributed by atoms with Crippen molar-refractivity contribution in [3.8, 4) is 11.5 Å². The van der Waals surface area contributed by atoms with Crippen LogP contribution in [-0.2, 0) is 6.42 Å². The Morgan fingerprint density at radius 2 is 1.22 bits per heavy atom. The minimum absolute atomic E-state index is 0.00642. The highest BCUT2D eigenvalue weighted by Crippen LogP contribution is 2.42. The predicted molar refractivity (Wildman–Crippen MR) is 167 cm³/mol. The van der Waals surface area contributed by atoms with Crippen molar-refractivity contribution in [1.82, 2.24) is 0 Å². The number of hydrogen-bond acceptors (Lipinski definition) is 4. The molecule has 0 radical (unpaired) electrons. The summed E-state index contributed by atoms with van der Waals surface area (Å²) in [5, 5.41) is 9.52. The van der Waals surface area contributed by atoms with Crippen LogP contribution in [0.5, 0.6) is 11.5 Å². The van der Waals surface area contributed by atoms with Gasteiger partial charge in [0.05, 0.1) is 5.56 Å². The van der Waals surface area contributed by atoms with Crippen LogP contribution in [0.1, 0.15) is 94.8 Å². The third-order valence-electron chi connectivity index (χ3n) is 8.25. The van der Waals surface area contributed by atoms with E-state index >= 15 is 0 Å². The highest BCUT2D eigenvalue weighted by molar-refractivity contribution is 6.06. The van der Waals surface area contributed by atoms with Gasteiger partial charge in [0.1, 0.15) is 17.4 Å². The van der Waals surface area contributed by atoms with Crippen LogP contribution in [0.15, 0.2) is 66.7 Å². The number of rotatable bonds is 10. The highest BCUT2D eigenvalue weighted by atomic mass is 19.4. The minimum Gasteiger partial charge on any atom is -0.478 e. The quantitative estimate of drug-likeness (QED) is 0.180. The molecule has 0 saturated carbocycles. The molecule has 4 aromatic rings. The maximum Gasteiger partial charge on any atom is 0.399 e. The van der Waals surface area contributed by atoms with E-state index in [0.717, 1.165) is 16.7 Å². The zero-order chi connectivity index (χ0) is 33.2. The van der Waals surface area contributed by atoms with Crippen LogP contribution in [0.25, 0.3) is 0 Å². The Hall–Kier alpha value is -4.72. The van der Waals surface area contributed by atoms with Gasteiger partial charge in [-0.2, -0.15) is 13.2 Å². The topological polar surface area (TPSA) is 80.7 Å². The van der Waals surface area contributed by atoms with Crippen LogP contribution in [0, 0.1) is 34.6 Å². The third-order valence-corrected chi connectivity index (χ3v) is 8.25. The van der Waals surface area contributed by atoms with E-state index in [1.807, 2.05) is 20.8 Å². The molecule has 1 unspecified atom stereocenters. The van der Waals surface area contributed by atoms with Crippen LogP contribution in [-0.4, -0.2) is 28.8 Å². The van der Waals surface area contributed by atoms with Crippen molar-refractivity contribution in [2.75, 3.05) is 0 Å². The summed E-state index contributed by atoms with van der Waals surface area (Å²) < 4.78 is 49.1. The number of carbonyl (C=O) groups is 3. The summed E-state index contributed by atoms with van der Waals surface area (Å²) in [5.41, 5.74) is 5.11. The van der Waals surface area contributed by atoms with Gasteiger partial charge in [-0.15, -0.1) is 0 Å². The molecule has 0 aliphatic rings. The van der Waals surface area contributed by atoms with Gasteiger partial charge in [0, 0.05) is 24.0 Å². The fraction of sp³-hybridized carbons (Fsp3) is 0.270. The molecule has 0 fully saturated rings.